The van der Waals surface area contributed by atoms with Gasteiger partial charge in [0.1, 0.15) is 0 Å². The van der Waals surface area contributed by atoms with E-state index in [1.165, 1.54) is 0 Å². The lowest BCUT2D eigenvalue weighted by atomic mass is 9.84. The van der Waals surface area contributed by atoms with Gasteiger partial charge in [-0.3, -0.25) is 9.78 Å². The number of anilines is 1. The highest BCUT2D eigenvalue weighted by Crippen LogP contribution is 2.26. The molecule has 1 heterocycles. The minimum Gasteiger partial charge on any atom is -0.324 e. The third-order valence-electron chi connectivity index (χ3n) is 3.98. The molecule has 0 unspecified atom stereocenters. The Hall–Kier alpha value is -2.68. The second-order valence-electron chi connectivity index (χ2n) is 6.38. The molecular formula is C20H20N2O. The van der Waals surface area contributed by atoms with Gasteiger partial charge in [0.25, 0.3) is 0 Å². The molecule has 0 bridgehead atoms. The van der Waals surface area contributed by atoms with Crippen LogP contribution in [0.1, 0.15) is 19.4 Å². The topological polar surface area (TPSA) is 42.0 Å². The molecule has 0 aliphatic rings. The molecule has 23 heavy (non-hydrogen) atoms. The molecule has 3 nitrogen and oxygen atoms in total. The Morgan fingerprint density at radius 2 is 1.74 bits per heavy atom. The number of benzene rings is 2. The number of nitrogens with one attached hydrogen (secondary N) is 1. The van der Waals surface area contributed by atoms with Crippen molar-refractivity contribution in [3.63, 3.8) is 0 Å². The van der Waals surface area contributed by atoms with Crippen LogP contribution in [0, 0.1) is 5.41 Å². The highest BCUT2D eigenvalue weighted by Gasteiger charge is 2.28. The average molecular weight is 304 g/mol. The summed E-state index contributed by atoms with van der Waals surface area (Å²) in [5.74, 6) is -0.000457. The molecule has 0 saturated carbocycles. The summed E-state index contributed by atoms with van der Waals surface area (Å²) >= 11 is 0. The molecule has 1 aromatic heterocycles. The molecule has 116 valence electrons. The minimum absolute atomic E-state index is 0.000457. The maximum absolute atomic E-state index is 12.7. The lowest BCUT2D eigenvalue weighted by Crippen LogP contribution is -2.32. The smallest absolute Gasteiger partial charge is 0.230 e. The van der Waals surface area contributed by atoms with E-state index in [9.17, 15) is 4.79 Å². The summed E-state index contributed by atoms with van der Waals surface area (Å²) in [4.78, 5) is 17.1. The maximum atomic E-state index is 12.7. The SMILES string of the molecule is CC(C)(Cc1ccccc1)C(=O)Nc1cccc2cccnc12. The van der Waals surface area contributed by atoms with Crippen molar-refractivity contribution in [3.05, 3.63) is 72.4 Å². The molecule has 0 aliphatic heterocycles. The predicted molar refractivity (Wildman–Crippen MR) is 94.3 cm³/mol. The normalized spacial score (nSPS) is 11.4. The van der Waals surface area contributed by atoms with Crippen LogP contribution in [0.15, 0.2) is 66.9 Å². The van der Waals surface area contributed by atoms with Gasteiger partial charge >= 0.3 is 0 Å². The zero-order chi connectivity index (χ0) is 16.3. The molecule has 0 fully saturated rings. The van der Waals surface area contributed by atoms with Crippen molar-refractivity contribution in [2.45, 2.75) is 20.3 Å². The number of para-hydroxylation sites is 1. The first-order valence-corrected chi connectivity index (χ1v) is 7.75. The predicted octanol–water partition coefficient (Wildman–Crippen LogP) is 4.44. The largest absolute Gasteiger partial charge is 0.324 e. The fourth-order valence-electron chi connectivity index (χ4n) is 2.68. The van der Waals surface area contributed by atoms with E-state index >= 15 is 0 Å². The molecular weight excluding hydrogens is 284 g/mol. The van der Waals surface area contributed by atoms with Crippen molar-refractivity contribution in [2.75, 3.05) is 5.32 Å². The van der Waals surface area contributed by atoms with Gasteiger partial charge < -0.3 is 5.32 Å². The van der Waals surface area contributed by atoms with Crippen molar-refractivity contribution < 1.29 is 4.79 Å². The molecule has 3 aromatic rings. The lowest BCUT2D eigenvalue weighted by molar-refractivity contribution is -0.123. The lowest BCUT2D eigenvalue weighted by Gasteiger charge is -2.24. The molecule has 0 atom stereocenters. The van der Waals surface area contributed by atoms with Crippen LogP contribution in [0.3, 0.4) is 0 Å². The van der Waals surface area contributed by atoms with Crippen LogP contribution in [-0.2, 0) is 11.2 Å². The van der Waals surface area contributed by atoms with Crippen LogP contribution >= 0.6 is 0 Å². The number of hydrogen-bond acceptors (Lipinski definition) is 2. The standard InChI is InChI=1S/C20H20N2O/c1-20(2,14-15-8-4-3-5-9-15)19(23)22-17-12-6-10-16-11-7-13-21-18(16)17/h3-13H,14H2,1-2H3,(H,22,23). The number of rotatable bonds is 4. The summed E-state index contributed by atoms with van der Waals surface area (Å²) < 4.78 is 0. The Labute approximate surface area is 136 Å². The van der Waals surface area contributed by atoms with Crippen LogP contribution < -0.4 is 5.32 Å². The monoisotopic (exact) mass is 304 g/mol. The van der Waals surface area contributed by atoms with Gasteiger partial charge in [-0.05, 0) is 24.1 Å². The molecule has 3 heteroatoms. The van der Waals surface area contributed by atoms with E-state index in [4.69, 9.17) is 0 Å². The Bertz CT molecular complexity index is 820. The van der Waals surface area contributed by atoms with Gasteiger partial charge in [-0.1, -0.05) is 62.4 Å². The molecule has 0 aliphatic carbocycles. The molecule has 2 aromatic carbocycles. The number of hydrogen-bond donors (Lipinski definition) is 1. The third-order valence-corrected chi connectivity index (χ3v) is 3.98. The molecule has 0 spiro atoms. The van der Waals surface area contributed by atoms with Gasteiger partial charge in [0.05, 0.1) is 11.2 Å². The van der Waals surface area contributed by atoms with E-state index < -0.39 is 5.41 Å². The Balaban J connectivity index is 1.82. The summed E-state index contributed by atoms with van der Waals surface area (Å²) in [6.07, 6.45) is 2.44. The fraction of sp³-hybridized carbons (Fsp3) is 0.200. The Morgan fingerprint density at radius 3 is 2.52 bits per heavy atom. The zero-order valence-corrected chi connectivity index (χ0v) is 13.4. The van der Waals surface area contributed by atoms with Crippen molar-refractivity contribution in [3.8, 4) is 0 Å². The van der Waals surface area contributed by atoms with Crippen molar-refractivity contribution in [2.24, 2.45) is 5.41 Å². The van der Waals surface area contributed by atoms with E-state index in [-0.39, 0.29) is 5.91 Å². The molecule has 0 radical (unpaired) electrons. The van der Waals surface area contributed by atoms with Crippen LogP contribution in [0.4, 0.5) is 5.69 Å². The van der Waals surface area contributed by atoms with Gasteiger partial charge in [0, 0.05) is 17.0 Å². The first-order chi connectivity index (χ1) is 11.1. The van der Waals surface area contributed by atoms with Crippen LogP contribution in [-0.4, -0.2) is 10.9 Å². The van der Waals surface area contributed by atoms with Crippen LogP contribution in [0.2, 0.25) is 0 Å². The number of aromatic nitrogens is 1. The number of carbonyl (C=O) groups excluding carboxylic acids is 1. The fourth-order valence-corrected chi connectivity index (χ4v) is 2.68. The maximum Gasteiger partial charge on any atom is 0.230 e. The van der Waals surface area contributed by atoms with Gasteiger partial charge in [0.2, 0.25) is 5.91 Å². The second-order valence-corrected chi connectivity index (χ2v) is 6.38. The molecule has 0 saturated heterocycles. The summed E-state index contributed by atoms with van der Waals surface area (Å²) in [7, 11) is 0. The minimum atomic E-state index is -0.502. The highest BCUT2D eigenvalue weighted by molar-refractivity contribution is 6.02. The van der Waals surface area contributed by atoms with Crippen molar-refractivity contribution >= 4 is 22.5 Å². The van der Waals surface area contributed by atoms with E-state index in [0.717, 1.165) is 22.2 Å². The van der Waals surface area contributed by atoms with E-state index in [1.807, 2.05) is 62.4 Å². The summed E-state index contributed by atoms with van der Waals surface area (Å²) in [6.45, 7) is 3.93. The van der Waals surface area contributed by atoms with E-state index in [2.05, 4.69) is 22.4 Å². The highest BCUT2D eigenvalue weighted by atomic mass is 16.2. The second kappa shape index (κ2) is 6.21. The summed E-state index contributed by atoms with van der Waals surface area (Å²) in [5.41, 5.74) is 2.23. The van der Waals surface area contributed by atoms with Gasteiger partial charge in [-0.25, -0.2) is 0 Å². The quantitative estimate of drug-likeness (QED) is 0.774. The van der Waals surface area contributed by atoms with Gasteiger partial charge in [0.15, 0.2) is 0 Å². The first kappa shape index (κ1) is 15.2. The summed E-state index contributed by atoms with van der Waals surface area (Å²) in [6, 6.07) is 19.8. The number of fused-ring (bicyclic) bond motifs is 1. The molecule has 1 N–H and O–H groups in total. The number of amides is 1. The van der Waals surface area contributed by atoms with Crippen molar-refractivity contribution in [1.82, 2.24) is 4.98 Å². The Morgan fingerprint density at radius 1 is 1.00 bits per heavy atom. The Kier molecular flexibility index (Phi) is 4.11. The van der Waals surface area contributed by atoms with E-state index in [1.54, 1.807) is 6.20 Å². The zero-order valence-electron chi connectivity index (χ0n) is 13.4. The van der Waals surface area contributed by atoms with Crippen LogP contribution in [0.5, 0.6) is 0 Å². The van der Waals surface area contributed by atoms with Gasteiger partial charge in [-0.15, -0.1) is 0 Å². The first-order valence-electron chi connectivity index (χ1n) is 7.75. The molecule has 1 amide bonds. The average Bonchev–Trinajstić information content (AvgIpc) is 2.55. The van der Waals surface area contributed by atoms with Gasteiger partial charge in [-0.2, -0.15) is 0 Å². The number of nitrogens with zero attached hydrogens (tertiary/aromatic N) is 1. The number of carbonyl (C=O) groups is 1. The van der Waals surface area contributed by atoms with Crippen molar-refractivity contribution in [1.29, 1.82) is 0 Å². The number of pyridine rings is 1. The van der Waals surface area contributed by atoms with Crippen LogP contribution in [0.25, 0.3) is 10.9 Å². The molecule has 3 rings (SSSR count). The summed E-state index contributed by atoms with van der Waals surface area (Å²) in [5, 5.41) is 4.06. The van der Waals surface area contributed by atoms with E-state index in [0.29, 0.717) is 6.42 Å². The third kappa shape index (κ3) is 3.39.